The Labute approximate surface area is 86.2 Å². The number of hydrogen-bond donors (Lipinski definition) is 1. The highest BCUT2D eigenvalue weighted by Crippen LogP contribution is 2.11. The second-order valence-electron chi connectivity index (χ2n) is 2.37. The van der Waals surface area contributed by atoms with Crippen LogP contribution in [0.15, 0.2) is 23.8 Å². The number of allylic oxidation sites excluding steroid dienone is 2. The molecular weight excluding hydrogens is 206 g/mol. The van der Waals surface area contributed by atoms with Crippen LogP contribution in [0.2, 0.25) is 0 Å². The SMILES string of the molecule is NC(=O)OC(=S)C1=CCC(=S)C=C1. The third-order valence-corrected chi connectivity index (χ3v) is 2.02. The van der Waals surface area contributed by atoms with Crippen molar-refractivity contribution < 1.29 is 9.53 Å². The second kappa shape index (κ2) is 4.25. The normalized spacial score (nSPS) is 15.1. The van der Waals surface area contributed by atoms with Crippen LogP contribution in [0.25, 0.3) is 0 Å². The fraction of sp³-hybridized carbons (Fsp3) is 0.125. The van der Waals surface area contributed by atoms with E-state index in [2.05, 4.69) is 4.74 Å². The van der Waals surface area contributed by atoms with E-state index >= 15 is 0 Å². The molecule has 3 nitrogen and oxygen atoms in total. The predicted molar refractivity (Wildman–Crippen MR) is 57.7 cm³/mol. The summed E-state index contributed by atoms with van der Waals surface area (Å²) < 4.78 is 4.53. The largest absolute Gasteiger partial charge is 0.410 e. The number of amides is 1. The molecule has 1 rings (SSSR count). The highest BCUT2D eigenvalue weighted by atomic mass is 32.1. The van der Waals surface area contributed by atoms with Crippen LogP contribution in [-0.4, -0.2) is 16.0 Å². The zero-order valence-corrected chi connectivity index (χ0v) is 8.28. The molecule has 1 aliphatic carbocycles. The first-order valence-electron chi connectivity index (χ1n) is 3.52. The Hall–Kier alpha value is -1.07. The molecule has 0 aromatic heterocycles. The van der Waals surface area contributed by atoms with E-state index < -0.39 is 6.09 Å². The zero-order chi connectivity index (χ0) is 9.84. The summed E-state index contributed by atoms with van der Waals surface area (Å²) in [4.78, 5) is 11.2. The third-order valence-electron chi connectivity index (χ3n) is 1.40. The van der Waals surface area contributed by atoms with Gasteiger partial charge in [-0.05, 0) is 24.4 Å². The predicted octanol–water partition coefficient (Wildman–Crippen LogP) is 1.67. The Balaban J connectivity index is 2.64. The molecule has 0 fully saturated rings. The number of carbonyl (C=O) groups excluding carboxylic acids is 1. The van der Waals surface area contributed by atoms with Gasteiger partial charge in [0.15, 0.2) is 0 Å². The van der Waals surface area contributed by atoms with Gasteiger partial charge in [0.1, 0.15) is 0 Å². The van der Waals surface area contributed by atoms with Gasteiger partial charge >= 0.3 is 6.09 Å². The van der Waals surface area contributed by atoms with Crippen LogP contribution in [-0.2, 0) is 4.74 Å². The average molecular weight is 213 g/mol. The van der Waals surface area contributed by atoms with Gasteiger partial charge in [-0.15, -0.1) is 0 Å². The minimum absolute atomic E-state index is 0.0891. The summed E-state index contributed by atoms with van der Waals surface area (Å²) >= 11 is 9.73. The van der Waals surface area contributed by atoms with Crippen LogP contribution in [0.4, 0.5) is 4.79 Å². The number of thiocarbonyl (C=S) groups is 2. The molecule has 5 heteroatoms. The van der Waals surface area contributed by atoms with Crippen molar-refractivity contribution in [2.24, 2.45) is 5.73 Å². The number of hydrogen-bond acceptors (Lipinski definition) is 4. The third kappa shape index (κ3) is 3.04. The highest BCUT2D eigenvalue weighted by Gasteiger charge is 2.09. The van der Waals surface area contributed by atoms with Crippen molar-refractivity contribution in [3.8, 4) is 0 Å². The van der Waals surface area contributed by atoms with E-state index in [1.807, 2.05) is 0 Å². The van der Waals surface area contributed by atoms with Crippen LogP contribution in [0.1, 0.15) is 6.42 Å². The molecule has 68 valence electrons. The van der Waals surface area contributed by atoms with Crippen LogP contribution in [0.3, 0.4) is 0 Å². The molecule has 0 unspecified atom stereocenters. The van der Waals surface area contributed by atoms with Crippen molar-refractivity contribution in [2.75, 3.05) is 0 Å². The van der Waals surface area contributed by atoms with Gasteiger partial charge in [0.2, 0.25) is 5.05 Å². The highest BCUT2D eigenvalue weighted by molar-refractivity contribution is 7.81. The van der Waals surface area contributed by atoms with Crippen LogP contribution < -0.4 is 5.73 Å². The minimum atomic E-state index is -0.896. The molecule has 0 aromatic rings. The average Bonchev–Trinajstić information content (AvgIpc) is 2.04. The number of rotatable bonds is 1. The van der Waals surface area contributed by atoms with Crippen molar-refractivity contribution in [1.29, 1.82) is 0 Å². The first-order chi connectivity index (χ1) is 6.09. The molecule has 0 radical (unpaired) electrons. The van der Waals surface area contributed by atoms with Crippen LogP contribution in [0, 0.1) is 0 Å². The molecule has 0 bridgehead atoms. The first-order valence-corrected chi connectivity index (χ1v) is 4.34. The fourth-order valence-corrected chi connectivity index (χ4v) is 1.22. The summed E-state index contributed by atoms with van der Waals surface area (Å²) in [7, 11) is 0. The summed E-state index contributed by atoms with van der Waals surface area (Å²) in [6.07, 6.45) is 5.00. The molecule has 13 heavy (non-hydrogen) atoms. The van der Waals surface area contributed by atoms with Crippen molar-refractivity contribution in [1.82, 2.24) is 0 Å². The maximum absolute atomic E-state index is 10.4. The summed E-state index contributed by atoms with van der Waals surface area (Å²) in [6.45, 7) is 0. The number of nitrogens with two attached hydrogens (primary N) is 1. The van der Waals surface area contributed by atoms with Crippen molar-refractivity contribution in [3.05, 3.63) is 23.8 Å². The lowest BCUT2D eigenvalue weighted by Crippen LogP contribution is -2.18. The number of ether oxygens (including phenoxy) is 1. The van der Waals surface area contributed by atoms with Crippen molar-refractivity contribution >= 4 is 40.4 Å². The standard InChI is InChI=1S/C8H7NO2S2/c9-8(10)11-7(13)5-1-3-6(12)4-2-5/h1-3H,4H2,(H2,9,10). The summed E-state index contributed by atoms with van der Waals surface area (Å²) in [6, 6.07) is 0. The number of primary amides is 1. The maximum Gasteiger partial charge on any atom is 0.410 e. The smallest absolute Gasteiger partial charge is 0.398 e. The molecule has 0 atom stereocenters. The van der Waals surface area contributed by atoms with E-state index in [0.29, 0.717) is 12.0 Å². The maximum atomic E-state index is 10.4. The minimum Gasteiger partial charge on any atom is -0.398 e. The van der Waals surface area contributed by atoms with E-state index in [1.165, 1.54) is 0 Å². The molecule has 1 amide bonds. The lowest BCUT2D eigenvalue weighted by Gasteiger charge is -2.07. The Morgan fingerprint density at radius 3 is 2.69 bits per heavy atom. The first kappa shape index (κ1) is 10.0. The molecule has 0 aliphatic heterocycles. The van der Waals surface area contributed by atoms with Gasteiger partial charge in [0, 0.05) is 16.9 Å². The lowest BCUT2D eigenvalue weighted by molar-refractivity contribution is 0.209. The molecule has 0 saturated heterocycles. The second-order valence-corrected chi connectivity index (χ2v) is 3.27. The fourth-order valence-electron chi connectivity index (χ4n) is 0.831. The summed E-state index contributed by atoms with van der Waals surface area (Å²) in [5.74, 6) is 0. The molecule has 2 N–H and O–H groups in total. The van der Waals surface area contributed by atoms with Crippen molar-refractivity contribution in [2.45, 2.75) is 6.42 Å². The van der Waals surface area contributed by atoms with Gasteiger partial charge in [-0.25, -0.2) is 4.79 Å². The van der Waals surface area contributed by atoms with Gasteiger partial charge in [-0.2, -0.15) is 0 Å². The van der Waals surface area contributed by atoms with Gasteiger partial charge in [0.05, 0.1) is 0 Å². The van der Waals surface area contributed by atoms with Crippen LogP contribution >= 0.6 is 24.4 Å². The summed E-state index contributed by atoms with van der Waals surface area (Å²) in [5.41, 5.74) is 5.47. The van der Waals surface area contributed by atoms with E-state index in [9.17, 15) is 4.79 Å². The molecule has 0 spiro atoms. The summed E-state index contributed by atoms with van der Waals surface area (Å²) in [5, 5.41) is 0.0891. The van der Waals surface area contributed by atoms with E-state index in [4.69, 9.17) is 30.2 Å². The Kier molecular flexibility index (Phi) is 3.27. The topological polar surface area (TPSA) is 52.3 Å². The van der Waals surface area contributed by atoms with Crippen molar-refractivity contribution in [3.63, 3.8) is 0 Å². The van der Waals surface area contributed by atoms with Gasteiger partial charge in [-0.3, -0.25) is 0 Å². The quantitative estimate of drug-likeness (QED) is 0.673. The van der Waals surface area contributed by atoms with Gasteiger partial charge in [0.25, 0.3) is 0 Å². The zero-order valence-electron chi connectivity index (χ0n) is 6.65. The molecule has 0 saturated carbocycles. The van der Waals surface area contributed by atoms with Gasteiger partial charge < -0.3 is 10.5 Å². The molecule has 0 heterocycles. The molecular formula is C8H7NO2S2. The van der Waals surface area contributed by atoms with Crippen LogP contribution in [0.5, 0.6) is 0 Å². The van der Waals surface area contributed by atoms with E-state index in [0.717, 1.165) is 4.86 Å². The Morgan fingerprint density at radius 1 is 1.54 bits per heavy atom. The molecule has 0 aromatic carbocycles. The Bertz CT molecular complexity index is 331. The monoisotopic (exact) mass is 213 g/mol. The van der Waals surface area contributed by atoms with Gasteiger partial charge in [-0.1, -0.05) is 18.3 Å². The Morgan fingerprint density at radius 2 is 2.23 bits per heavy atom. The molecule has 1 aliphatic rings. The number of carbonyl (C=O) groups is 1. The lowest BCUT2D eigenvalue weighted by atomic mass is 10.1. The van der Waals surface area contributed by atoms with E-state index in [-0.39, 0.29) is 5.05 Å². The van der Waals surface area contributed by atoms with E-state index in [1.54, 1.807) is 18.2 Å².